The van der Waals surface area contributed by atoms with Crippen LogP contribution in [0.5, 0.6) is 0 Å². The molecular formula is C31H38N4O6. The van der Waals surface area contributed by atoms with E-state index >= 15 is 0 Å². The molecule has 0 aliphatic carbocycles. The van der Waals surface area contributed by atoms with E-state index in [9.17, 15) is 19.2 Å². The number of benzene rings is 2. The summed E-state index contributed by atoms with van der Waals surface area (Å²) < 4.78 is 5.27. The van der Waals surface area contributed by atoms with Gasteiger partial charge < -0.3 is 19.9 Å². The van der Waals surface area contributed by atoms with Crippen LogP contribution < -0.4 is 10.8 Å². The molecule has 1 aliphatic heterocycles. The molecule has 0 radical (unpaired) electrons. The number of hydroxylamine groups is 1. The van der Waals surface area contributed by atoms with Crippen molar-refractivity contribution in [3.8, 4) is 0 Å². The van der Waals surface area contributed by atoms with Gasteiger partial charge in [0.1, 0.15) is 12.1 Å². The second-order valence-electron chi connectivity index (χ2n) is 10.3. The fourth-order valence-corrected chi connectivity index (χ4v) is 5.37. The lowest BCUT2D eigenvalue weighted by Crippen LogP contribution is -2.56. The van der Waals surface area contributed by atoms with Crippen LogP contribution in [0, 0.1) is 0 Å². The molecule has 2 unspecified atom stereocenters. The Kier molecular flexibility index (Phi) is 10.5. The summed E-state index contributed by atoms with van der Waals surface area (Å²) in [6.45, 7) is 2.18. The van der Waals surface area contributed by atoms with Gasteiger partial charge in [0.05, 0.1) is 13.2 Å². The van der Waals surface area contributed by atoms with E-state index in [-0.39, 0.29) is 38.3 Å². The lowest BCUT2D eigenvalue weighted by molar-refractivity contribution is -0.149. The summed E-state index contributed by atoms with van der Waals surface area (Å²) in [5.41, 5.74) is 5.37. The van der Waals surface area contributed by atoms with Gasteiger partial charge in [-0.1, -0.05) is 61.4 Å². The highest BCUT2D eigenvalue weighted by Crippen LogP contribution is 2.31. The van der Waals surface area contributed by atoms with E-state index in [1.165, 1.54) is 0 Å². The molecule has 10 nitrogen and oxygen atoms in total. The first-order valence-electron chi connectivity index (χ1n) is 14.2. The number of carbonyl (C=O) groups excluding carboxylic acids is 4. The van der Waals surface area contributed by atoms with Crippen molar-refractivity contribution in [3.63, 3.8) is 0 Å². The molecule has 2 atom stereocenters. The summed E-state index contributed by atoms with van der Waals surface area (Å²) >= 11 is 0. The topological polar surface area (TPSA) is 141 Å². The number of ether oxygens (including phenoxy) is 1. The summed E-state index contributed by atoms with van der Waals surface area (Å²) in [6.07, 6.45) is 3.82. The number of aromatic nitrogens is 1. The summed E-state index contributed by atoms with van der Waals surface area (Å²) in [7, 11) is 0. The van der Waals surface area contributed by atoms with Crippen molar-refractivity contribution in [1.82, 2.24) is 20.7 Å². The van der Waals surface area contributed by atoms with Gasteiger partial charge in [-0.15, -0.1) is 0 Å². The normalized spacial score (nSPS) is 15.2. The van der Waals surface area contributed by atoms with Crippen LogP contribution in [0.4, 0.5) is 0 Å². The minimum Gasteiger partial charge on any atom is -0.464 e. The molecule has 2 aromatic carbocycles. The standard InChI is InChI=1S/C31H38N4O6/c1-2-41-31(39)25(18-21-12-6-5-7-13-21)33-30(38)27-19-23-22-14-10-11-15-24(22)32-26(23)20-35(27)29(37)17-9-4-3-8-16-28(36)34-40/h5-7,10-15,25,27,32,40H,2-4,8-9,16-20H2,1H3,(H,33,38)(H,34,36). The highest BCUT2D eigenvalue weighted by molar-refractivity contribution is 5.93. The van der Waals surface area contributed by atoms with E-state index < -0.39 is 29.9 Å². The molecule has 0 fully saturated rings. The first-order chi connectivity index (χ1) is 19.9. The Morgan fingerprint density at radius 1 is 1.00 bits per heavy atom. The van der Waals surface area contributed by atoms with Gasteiger partial charge >= 0.3 is 5.97 Å². The van der Waals surface area contributed by atoms with Gasteiger partial charge in [-0.3, -0.25) is 19.6 Å². The first kappa shape index (κ1) is 29.8. The maximum absolute atomic E-state index is 13.8. The zero-order chi connectivity index (χ0) is 29.2. The lowest BCUT2D eigenvalue weighted by atomic mass is 9.94. The van der Waals surface area contributed by atoms with Gasteiger partial charge in [-0.2, -0.15) is 0 Å². The fourth-order valence-electron chi connectivity index (χ4n) is 5.37. The molecular weight excluding hydrogens is 524 g/mol. The zero-order valence-electron chi connectivity index (χ0n) is 23.4. The van der Waals surface area contributed by atoms with E-state index in [0.29, 0.717) is 19.3 Å². The van der Waals surface area contributed by atoms with Crippen LogP contribution in [-0.2, 0) is 43.3 Å². The average molecular weight is 563 g/mol. The highest BCUT2D eigenvalue weighted by atomic mass is 16.5. The Labute approximate surface area is 239 Å². The van der Waals surface area contributed by atoms with Gasteiger partial charge in [0.2, 0.25) is 17.7 Å². The maximum Gasteiger partial charge on any atom is 0.328 e. The molecule has 4 N–H and O–H groups in total. The number of para-hydroxylation sites is 1. The largest absolute Gasteiger partial charge is 0.464 e. The Balaban J connectivity index is 1.50. The number of nitrogens with zero attached hydrogens (tertiary/aromatic N) is 1. The van der Waals surface area contributed by atoms with Crippen LogP contribution in [0.1, 0.15) is 62.3 Å². The molecule has 10 heteroatoms. The number of H-pyrrole nitrogens is 1. The van der Waals surface area contributed by atoms with Gasteiger partial charge in [0.25, 0.3) is 0 Å². The zero-order valence-corrected chi connectivity index (χ0v) is 23.4. The summed E-state index contributed by atoms with van der Waals surface area (Å²) in [4.78, 5) is 56.3. The number of aromatic amines is 1. The first-order valence-corrected chi connectivity index (χ1v) is 14.2. The third-order valence-electron chi connectivity index (χ3n) is 7.47. The van der Waals surface area contributed by atoms with Gasteiger partial charge in [-0.25, -0.2) is 10.3 Å². The Morgan fingerprint density at radius 2 is 1.71 bits per heavy atom. The SMILES string of the molecule is CCOC(=O)C(Cc1ccccc1)NC(=O)C1Cc2c([nH]c3ccccc23)CN1C(=O)CCCCCCC(=O)NO. The van der Waals surface area contributed by atoms with E-state index in [1.54, 1.807) is 17.3 Å². The minimum absolute atomic E-state index is 0.140. The molecule has 4 rings (SSSR count). The van der Waals surface area contributed by atoms with Crippen molar-refractivity contribution >= 4 is 34.6 Å². The monoisotopic (exact) mass is 562 g/mol. The molecule has 2 heterocycles. The molecule has 1 aliphatic rings. The predicted octanol–water partition coefficient (Wildman–Crippen LogP) is 3.56. The van der Waals surface area contributed by atoms with Crippen LogP contribution in [0.3, 0.4) is 0 Å². The molecule has 0 spiro atoms. The van der Waals surface area contributed by atoms with Gasteiger partial charge in [0.15, 0.2) is 0 Å². The van der Waals surface area contributed by atoms with Crippen molar-refractivity contribution < 1.29 is 29.1 Å². The maximum atomic E-state index is 13.8. The van der Waals surface area contributed by atoms with Crippen LogP contribution in [0.2, 0.25) is 0 Å². The Bertz CT molecular complexity index is 1360. The smallest absolute Gasteiger partial charge is 0.328 e. The summed E-state index contributed by atoms with van der Waals surface area (Å²) in [5, 5.41) is 12.5. The molecule has 0 bridgehead atoms. The van der Waals surface area contributed by atoms with Gasteiger partial charge in [0, 0.05) is 42.3 Å². The quantitative estimate of drug-likeness (QED) is 0.109. The van der Waals surface area contributed by atoms with Crippen molar-refractivity contribution in [2.45, 2.75) is 76.9 Å². The third-order valence-corrected chi connectivity index (χ3v) is 7.47. The third kappa shape index (κ3) is 7.73. The molecule has 218 valence electrons. The summed E-state index contributed by atoms with van der Waals surface area (Å²) in [6, 6.07) is 15.6. The van der Waals surface area contributed by atoms with E-state index in [0.717, 1.165) is 40.6 Å². The highest BCUT2D eigenvalue weighted by Gasteiger charge is 2.37. The fraction of sp³-hybridized carbons (Fsp3) is 0.419. The number of rotatable bonds is 13. The molecule has 3 amide bonds. The Hall–Kier alpha value is -4.18. The minimum atomic E-state index is -0.887. The summed E-state index contributed by atoms with van der Waals surface area (Å²) in [5.74, 6) is -1.47. The second kappa shape index (κ2) is 14.5. The number of hydrogen-bond acceptors (Lipinski definition) is 6. The molecule has 0 saturated carbocycles. The molecule has 41 heavy (non-hydrogen) atoms. The number of esters is 1. The van der Waals surface area contributed by atoms with Crippen LogP contribution in [0.15, 0.2) is 54.6 Å². The number of carbonyl (C=O) groups is 4. The van der Waals surface area contributed by atoms with E-state index in [1.807, 2.05) is 54.6 Å². The van der Waals surface area contributed by atoms with Crippen molar-refractivity contribution in [2.75, 3.05) is 6.61 Å². The lowest BCUT2D eigenvalue weighted by Gasteiger charge is -2.35. The predicted molar refractivity (Wildman–Crippen MR) is 153 cm³/mol. The molecule has 3 aromatic rings. The average Bonchev–Trinajstić information content (AvgIpc) is 3.35. The number of amides is 3. The van der Waals surface area contributed by atoms with Crippen LogP contribution in [0.25, 0.3) is 10.9 Å². The number of unbranched alkanes of at least 4 members (excludes halogenated alkanes) is 3. The van der Waals surface area contributed by atoms with Crippen LogP contribution >= 0.6 is 0 Å². The Morgan fingerprint density at radius 3 is 2.44 bits per heavy atom. The number of hydrogen-bond donors (Lipinski definition) is 4. The molecule has 0 saturated heterocycles. The van der Waals surface area contributed by atoms with Crippen molar-refractivity contribution in [1.29, 1.82) is 0 Å². The van der Waals surface area contributed by atoms with Crippen molar-refractivity contribution in [2.24, 2.45) is 0 Å². The molecule has 1 aromatic heterocycles. The number of fused-ring (bicyclic) bond motifs is 3. The number of nitrogens with one attached hydrogen (secondary N) is 3. The van der Waals surface area contributed by atoms with E-state index in [4.69, 9.17) is 9.94 Å². The van der Waals surface area contributed by atoms with Gasteiger partial charge in [-0.05, 0) is 37.0 Å². The van der Waals surface area contributed by atoms with E-state index in [2.05, 4.69) is 10.3 Å². The van der Waals surface area contributed by atoms with Crippen LogP contribution in [-0.4, -0.2) is 57.5 Å². The van der Waals surface area contributed by atoms with Crippen molar-refractivity contribution in [3.05, 3.63) is 71.4 Å². The second-order valence-corrected chi connectivity index (χ2v) is 10.3.